The van der Waals surface area contributed by atoms with Crippen molar-refractivity contribution < 1.29 is 9.53 Å². The Hall–Kier alpha value is -3.19. The summed E-state index contributed by atoms with van der Waals surface area (Å²) in [6.45, 7) is 1.98. The molecule has 1 amide bonds. The van der Waals surface area contributed by atoms with Crippen molar-refractivity contribution in [2.45, 2.75) is 19.4 Å². The molecule has 7 heteroatoms. The molecule has 4 aromatic rings. The van der Waals surface area contributed by atoms with Crippen LogP contribution in [0.1, 0.15) is 22.6 Å². The van der Waals surface area contributed by atoms with Gasteiger partial charge in [0.05, 0.1) is 6.61 Å². The summed E-state index contributed by atoms with van der Waals surface area (Å²) in [5.74, 6) is 0.842. The van der Waals surface area contributed by atoms with Gasteiger partial charge in [0.15, 0.2) is 5.65 Å². The molecule has 0 radical (unpaired) electrons. The number of nitrogens with zero attached hydrogens (tertiary/aromatic N) is 4. The Kier molecular flexibility index (Phi) is 5.34. The molecule has 1 N–H and O–H groups in total. The lowest BCUT2D eigenvalue weighted by atomic mass is 10.1. The van der Waals surface area contributed by atoms with Gasteiger partial charge in [-0.05, 0) is 42.1 Å². The number of aryl methyl sites for hydroxylation is 1. The number of carbonyl (C=O) groups excluding carboxylic acids is 1. The Morgan fingerprint density at radius 2 is 2.07 bits per heavy atom. The number of hydrogen-bond donors (Lipinski definition) is 1. The zero-order valence-corrected chi connectivity index (χ0v) is 15.8. The second kappa shape index (κ2) is 8.22. The molecule has 0 aliphatic rings. The van der Waals surface area contributed by atoms with E-state index in [-0.39, 0.29) is 5.91 Å². The monoisotopic (exact) mass is 377 g/mol. The zero-order valence-electron chi connectivity index (χ0n) is 15.8. The van der Waals surface area contributed by atoms with E-state index in [1.54, 1.807) is 7.11 Å². The van der Waals surface area contributed by atoms with Gasteiger partial charge in [-0.1, -0.05) is 12.1 Å². The lowest BCUT2D eigenvalue weighted by Crippen LogP contribution is -2.25. The molecule has 7 nitrogen and oxygen atoms in total. The van der Waals surface area contributed by atoms with Gasteiger partial charge in [-0.15, -0.1) is 10.2 Å². The first kappa shape index (κ1) is 18.2. The number of aromatic nitrogens is 4. The smallest absolute Gasteiger partial charge is 0.251 e. The van der Waals surface area contributed by atoms with Crippen molar-refractivity contribution >= 4 is 22.5 Å². The van der Waals surface area contributed by atoms with Crippen molar-refractivity contribution in [3.05, 3.63) is 66.2 Å². The number of amides is 1. The van der Waals surface area contributed by atoms with Crippen molar-refractivity contribution in [3.8, 4) is 0 Å². The predicted octanol–water partition coefficient (Wildman–Crippen LogP) is 2.69. The molecule has 4 rings (SSSR count). The van der Waals surface area contributed by atoms with Gasteiger partial charge in [-0.2, -0.15) is 0 Å². The van der Waals surface area contributed by atoms with Gasteiger partial charge in [0.1, 0.15) is 5.82 Å². The molecule has 0 fully saturated rings. The van der Waals surface area contributed by atoms with Crippen LogP contribution in [-0.2, 0) is 17.7 Å². The van der Waals surface area contributed by atoms with Crippen molar-refractivity contribution in [1.29, 1.82) is 0 Å². The first-order valence-electron chi connectivity index (χ1n) is 9.41. The fraction of sp³-hybridized carbons (Fsp3) is 0.286. The molecular weight excluding hydrogens is 354 g/mol. The van der Waals surface area contributed by atoms with Crippen LogP contribution in [0.5, 0.6) is 0 Å². The standard InChI is InChI=1S/C21H23N5O2/c1-28-14-13-25-12-9-16-7-8-17(15-18(16)25)21(27)22-10-4-6-20-24-23-19-5-2-3-11-26(19)20/h2-3,5,7-9,11-12,15H,4,6,10,13-14H2,1H3,(H,22,27). The number of carbonyl (C=O) groups is 1. The van der Waals surface area contributed by atoms with Crippen LogP contribution in [0.2, 0.25) is 0 Å². The maximum atomic E-state index is 12.5. The first-order chi connectivity index (χ1) is 13.8. The highest BCUT2D eigenvalue weighted by atomic mass is 16.5. The number of pyridine rings is 1. The molecule has 28 heavy (non-hydrogen) atoms. The summed E-state index contributed by atoms with van der Waals surface area (Å²) >= 11 is 0. The van der Waals surface area contributed by atoms with E-state index in [4.69, 9.17) is 4.74 Å². The summed E-state index contributed by atoms with van der Waals surface area (Å²) in [5, 5.41) is 12.5. The van der Waals surface area contributed by atoms with Gasteiger partial charge in [0.25, 0.3) is 5.91 Å². The molecule has 0 saturated heterocycles. The van der Waals surface area contributed by atoms with Gasteiger partial charge in [0.2, 0.25) is 0 Å². The summed E-state index contributed by atoms with van der Waals surface area (Å²) in [6.07, 6.45) is 5.53. The van der Waals surface area contributed by atoms with Crippen molar-refractivity contribution in [3.63, 3.8) is 0 Å². The number of hydrogen-bond acceptors (Lipinski definition) is 4. The van der Waals surface area contributed by atoms with Gasteiger partial charge < -0.3 is 14.6 Å². The van der Waals surface area contributed by atoms with E-state index < -0.39 is 0 Å². The predicted molar refractivity (Wildman–Crippen MR) is 107 cm³/mol. The van der Waals surface area contributed by atoms with E-state index in [0.717, 1.165) is 41.8 Å². The Labute approximate surface area is 162 Å². The quantitative estimate of drug-likeness (QED) is 0.479. The molecule has 3 heterocycles. The Morgan fingerprint density at radius 1 is 1.14 bits per heavy atom. The van der Waals surface area contributed by atoms with Crippen molar-refractivity contribution in [1.82, 2.24) is 24.5 Å². The lowest BCUT2D eigenvalue weighted by molar-refractivity contribution is 0.0953. The number of benzene rings is 1. The highest BCUT2D eigenvalue weighted by Crippen LogP contribution is 2.18. The lowest BCUT2D eigenvalue weighted by Gasteiger charge is -2.08. The molecule has 0 aliphatic carbocycles. The largest absolute Gasteiger partial charge is 0.383 e. The Balaban J connectivity index is 1.35. The van der Waals surface area contributed by atoms with Crippen LogP contribution in [0, 0.1) is 0 Å². The van der Waals surface area contributed by atoms with Crippen LogP contribution in [0.3, 0.4) is 0 Å². The second-order valence-electron chi connectivity index (χ2n) is 6.68. The number of rotatable bonds is 8. The SMILES string of the molecule is COCCn1ccc2ccc(C(=O)NCCCc3nnc4ccccn34)cc21. The maximum absolute atomic E-state index is 12.5. The molecule has 0 unspecified atom stereocenters. The number of methoxy groups -OCH3 is 1. The Morgan fingerprint density at radius 3 is 2.96 bits per heavy atom. The highest BCUT2D eigenvalue weighted by molar-refractivity contribution is 5.98. The van der Waals surface area contributed by atoms with Crippen LogP contribution in [0.25, 0.3) is 16.6 Å². The first-order valence-corrected chi connectivity index (χ1v) is 9.41. The fourth-order valence-electron chi connectivity index (χ4n) is 3.32. The van der Waals surface area contributed by atoms with E-state index in [2.05, 4.69) is 26.1 Å². The van der Waals surface area contributed by atoms with E-state index in [9.17, 15) is 4.79 Å². The zero-order chi connectivity index (χ0) is 19.3. The molecular formula is C21H23N5O2. The molecule has 0 bridgehead atoms. The third-order valence-corrected chi connectivity index (χ3v) is 4.82. The van der Waals surface area contributed by atoms with Crippen LogP contribution in [-0.4, -0.2) is 45.3 Å². The fourth-order valence-corrected chi connectivity index (χ4v) is 3.32. The van der Waals surface area contributed by atoms with E-state index in [1.165, 1.54) is 0 Å². The summed E-state index contributed by atoms with van der Waals surface area (Å²) < 4.78 is 9.23. The van der Waals surface area contributed by atoms with E-state index >= 15 is 0 Å². The van der Waals surface area contributed by atoms with Crippen LogP contribution < -0.4 is 5.32 Å². The van der Waals surface area contributed by atoms with Crippen LogP contribution in [0.15, 0.2) is 54.9 Å². The number of ether oxygens (including phenoxy) is 1. The summed E-state index contributed by atoms with van der Waals surface area (Å²) in [5.41, 5.74) is 2.55. The number of fused-ring (bicyclic) bond motifs is 2. The van der Waals surface area contributed by atoms with E-state index in [1.807, 2.05) is 53.2 Å². The van der Waals surface area contributed by atoms with Crippen LogP contribution >= 0.6 is 0 Å². The Bertz CT molecular complexity index is 1100. The topological polar surface area (TPSA) is 73.4 Å². The summed E-state index contributed by atoms with van der Waals surface area (Å²) in [7, 11) is 1.69. The van der Waals surface area contributed by atoms with Crippen LogP contribution in [0.4, 0.5) is 0 Å². The minimum Gasteiger partial charge on any atom is -0.383 e. The highest BCUT2D eigenvalue weighted by Gasteiger charge is 2.09. The van der Waals surface area contributed by atoms with Gasteiger partial charge in [-0.25, -0.2) is 0 Å². The summed E-state index contributed by atoms with van der Waals surface area (Å²) in [6, 6.07) is 13.7. The molecule has 144 valence electrons. The summed E-state index contributed by atoms with van der Waals surface area (Å²) in [4.78, 5) is 12.5. The second-order valence-corrected chi connectivity index (χ2v) is 6.68. The molecule has 0 atom stereocenters. The van der Waals surface area contributed by atoms with Gasteiger partial charge in [-0.3, -0.25) is 9.20 Å². The number of nitrogens with one attached hydrogen (secondary N) is 1. The molecule has 0 spiro atoms. The molecule has 3 aromatic heterocycles. The van der Waals surface area contributed by atoms with Gasteiger partial charge >= 0.3 is 0 Å². The van der Waals surface area contributed by atoms with Crippen molar-refractivity contribution in [2.75, 3.05) is 20.3 Å². The third-order valence-electron chi connectivity index (χ3n) is 4.82. The minimum atomic E-state index is -0.0625. The van der Waals surface area contributed by atoms with Gasteiger partial charge in [0, 0.05) is 50.1 Å². The average molecular weight is 377 g/mol. The minimum absolute atomic E-state index is 0.0625. The molecule has 0 saturated carbocycles. The third kappa shape index (κ3) is 3.75. The van der Waals surface area contributed by atoms with E-state index in [0.29, 0.717) is 18.7 Å². The molecule has 0 aliphatic heterocycles. The maximum Gasteiger partial charge on any atom is 0.251 e. The molecule has 1 aromatic carbocycles. The normalized spacial score (nSPS) is 11.3. The average Bonchev–Trinajstić information content (AvgIpc) is 3.33. The van der Waals surface area contributed by atoms with Crippen molar-refractivity contribution in [2.24, 2.45) is 0 Å².